The van der Waals surface area contributed by atoms with Gasteiger partial charge in [-0.1, -0.05) is 251 Å². The van der Waals surface area contributed by atoms with Gasteiger partial charge in [-0.3, -0.25) is 0 Å². The maximum Gasteiger partial charge on any atom is 0.159 e. The van der Waals surface area contributed by atoms with Gasteiger partial charge in [-0.25, -0.2) is 0 Å². The average Bonchev–Trinajstić information content (AvgIpc) is 0.904. The number of rotatable bonds is 13. The van der Waals surface area contributed by atoms with Crippen LogP contribution in [0.1, 0.15) is 16.7 Å². The predicted molar refractivity (Wildman–Crippen MR) is 386 cm³/mol. The number of benzene rings is 12. The van der Waals surface area contributed by atoms with E-state index >= 15 is 0 Å². The van der Waals surface area contributed by atoms with Crippen LogP contribution in [0.5, 0.6) is 0 Å². The van der Waals surface area contributed by atoms with Crippen LogP contribution in [-0.4, -0.2) is 33.0 Å². The molecule has 2 heterocycles. The van der Waals surface area contributed by atoms with Gasteiger partial charge in [0, 0.05) is 63.6 Å². The number of aryl methyl sites for hydroxylation is 2. The molecule has 12 aromatic carbocycles. The minimum Gasteiger partial charge on any atom is -0.453 e. The van der Waals surface area contributed by atoms with E-state index in [2.05, 4.69) is 302 Å². The summed E-state index contributed by atoms with van der Waals surface area (Å²) in [5, 5.41) is 16.0. The largest absolute Gasteiger partial charge is 0.453 e. The van der Waals surface area contributed by atoms with Gasteiger partial charge in [-0.2, -0.15) is 0 Å². The highest BCUT2D eigenvalue weighted by molar-refractivity contribution is 6.89. The molecule has 4 nitrogen and oxygen atoms in total. The van der Waals surface area contributed by atoms with Gasteiger partial charge in [0.25, 0.3) is 0 Å². The summed E-state index contributed by atoms with van der Waals surface area (Å²) in [4.78, 5) is 4.93. The lowest BCUT2D eigenvalue weighted by Crippen LogP contribution is -2.37. The van der Waals surface area contributed by atoms with Gasteiger partial charge in [0.2, 0.25) is 0 Å². The first kappa shape index (κ1) is 55.6. The van der Waals surface area contributed by atoms with Crippen molar-refractivity contribution in [1.29, 1.82) is 0 Å². The van der Waals surface area contributed by atoms with E-state index in [1.165, 1.54) is 81.7 Å². The lowest BCUT2D eigenvalue weighted by Gasteiger charge is -2.30. The van der Waals surface area contributed by atoms with Crippen molar-refractivity contribution >= 4 is 159 Å². The molecule has 14 aromatic rings. The minimum atomic E-state index is -1.63. The summed E-state index contributed by atoms with van der Waals surface area (Å²) in [6.45, 7) is 31.2. The molecule has 2 aromatic heterocycles. The summed E-state index contributed by atoms with van der Waals surface area (Å²) in [6, 6.07) is 79.5. The zero-order valence-corrected chi connectivity index (χ0v) is 56.3. The topological polar surface area (TPSA) is 32.8 Å². The SMILES string of the molecule is Cc1cc(C[SiH](C)C)ccc1-c1cccc2c1oc1c(N(c3ccc([Si](C)(C)C)cc3)c3ccc4ccc5c(N(c6ccc([Si](C)(C)C)cc6)c6cccc7c6oc6c(-c8ccc([Si](C)(C)C)cc8C)cccc67)ccc6ccc3c4c65)cccc12. The average molecular weight is 1190 g/mol. The summed E-state index contributed by atoms with van der Waals surface area (Å²) >= 11 is 0. The van der Waals surface area contributed by atoms with Crippen molar-refractivity contribution in [2.75, 3.05) is 9.80 Å². The number of hydrogen-bond donors (Lipinski definition) is 0. The van der Waals surface area contributed by atoms with E-state index in [9.17, 15) is 0 Å². The Hall–Kier alpha value is -8.25. The first-order valence-electron chi connectivity index (χ1n) is 30.8. The van der Waals surface area contributed by atoms with Crippen molar-refractivity contribution in [1.82, 2.24) is 0 Å². The molecule has 0 radical (unpaired) electrons. The molecule has 0 aliphatic carbocycles. The van der Waals surface area contributed by atoms with Crippen LogP contribution >= 0.6 is 0 Å². The molecule has 0 saturated carbocycles. The third-order valence-electron chi connectivity index (χ3n) is 18.2. The Balaban J connectivity index is 0.982. The number of furan rings is 2. The second-order valence-electron chi connectivity index (χ2n) is 27.8. The Labute approximate surface area is 511 Å². The predicted octanol–water partition coefficient (Wildman–Crippen LogP) is 21.5. The lowest BCUT2D eigenvalue weighted by atomic mass is 9.91. The van der Waals surface area contributed by atoms with Gasteiger partial charge in [0.1, 0.15) is 11.2 Å². The van der Waals surface area contributed by atoms with Crippen LogP contribution in [0.2, 0.25) is 72.0 Å². The number of para-hydroxylation sites is 4. The minimum absolute atomic E-state index is 0.770. The molecule has 86 heavy (non-hydrogen) atoms. The summed E-state index contributed by atoms with van der Waals surface area (Å²) < 4.78 is 14.7. The molecule has 0 bridgehead atoms. The van der Waals surface area contributed by atoms with Gasteiger partial charge in [0.15, 0.2) is 11.2 Å². The van der Waals surface area contributed by atoms with E-state index < -0.39 is 33.0 Å². The van der Waals surface area contributed by atoms with Crippen molar-refractivity contribution in [3.63, 3.8) is 0 Å². The highest BCUT2D eigenvalue weighted by Gasteiger charge is 2.29. The molecule has 0 unspecified atom stereocenters. The fraction of sp³-hybridized carbons (Fsp3) is 0.179. The Bertz CT molecular complexity index is 4970. The molecule has 0 atom stereocenters. The summed E-state index contributed by atoms with van der Waals surface area (Å²) in [6.07, 6.45) is 0. The third-order valence-corrected chi connectivity index (χ3v) is 25.6. The van der Waals surface area contributed by atoms with Gasteiger partial charge in [0.05, 0.1) is 47.0 Å². The van der Waals surface area contributed by atoms with Gasteiger partial charge in [-0.05, 0) is 112 Å². The van der Waals surface area contributed by atoms with Crippen LogP contribution in [0.15, 0.2) is 215 Å². The van der Waals surface area contributed by atoms with E-state index in [1.54, 1.807) is 0 Å². The van der Waals surface area contributed by atoms with Crippen LogP contribution in [-0.2, 0) is 6.04 Å². The molecule has 0 aliphatic heterocycles. The maximum absolute atomic E-state index is 7.36. The molecule has 14 rings (SSSR count). The monoisotopic (exact) mass is 1180 g/mol. The summed E-state index contributed by atoms with van der Waals surface area (Å²) in [5.41, 5.74) is 18.6. The third kappa shape index (κ3) is 9.44. The summed E-state index contributed by atoms with van der Waals surface area (Å²) in [5.74, 6) is 0. The second kappa shape index (κ2) is 20.7. The number of fused-ring (bicyclic) bond motifs is 6. The van der Waals surface area contributed by atoms with Crippen molar-refractivity contribution in [2.24, 2.45) is 0 Å². The highest BCUT2D eigenvalue weighted by Crippen LogP contribution is 2.51. The first-order chi connectivity index (χ1) is 41.2. The Kier molecular flexibility index (Phi) is 13.4. The zero-order chi connectivity index (χ0) is 59.7. The van der Waals surface area contributed by atoms with Crippen molar-refractivity contribution < 1.29 is 8.83 Å². The van der Waals surface area contributed by atoms with E-state index in [1.807, 2.05) is 0 Å². The number of hydrogen-bond acceptors (Lipinski definition) is 4. The van der Waals surface area contributed by atoms with Crippen LogP contribution < -0.4 is 25.4 Å². The van der Waals surface area contributed by atoms with Crippen LogP contribution in [0.25, 0.3) is 98.4 Å². The highest BCUT2D eigenvalue weighted by atomic mass is 28.3. The normalized spacial score (nSPS) is 12.6. The molecule has 0 aliphatic rings. The van der Waals surface area contributed by atoms with Crippen LogP contribution in [0.3, 0.4) is 0 Å². The van der Waals surface area contributed by atoms with E-state index in [0.717, 1.165) is 89.1 Å². The van der Waals surface area contributed by atoms with Gasteiger partial charge < -0.3 is 18.6 Å². The first-order valence-corrected chi connectivity index (χ1v) is 44.4. The van der Waals surface area contributed by atoms with E-state index in [0.29, 0.717) is 0 Å². The van der Waals surface area contributed by atoms with Crippen LogP contribution in [0.4, 0.5) is 34.1 Å². The molecule has 8 heteroatoms. The zero-order valence-electron chi connectivity index (χ0n) is 52.1. The quantitative estimate of drug-likeness (QED) is 0.0851. The van der Waals surface area contributed by atoms with Gasteiger partial charge in [-0.15, -0.1) is 0 Å². The lowest BCUT2D eigenvalue weighted by molar-refractivity contribution is 0.670. The van der Waals surface area contributed by atoms with Crippen molar-refractivity contribution in [3.05, 3.63) is 223 Å². The molecule has 0 spiro atoms. The molecule has 0 amide bonds. The second-order valence-corrected chi connectivity index (χ2v) is 46.2. The smallest absolute Gasteiger partial charge is 0.159 e. The van der Waals surface area contributed by atoms with E-state index in [4.69, 9.17) is 8.83 Å². The summed E-state index contributed by atoms with van der Waals surface area (Å²) in [7, 11) is -5.54. The Morgan fingerprint density at radius 1 is 0.337 bits per heavy atom. The number of anilines is 6. The molecular formula is C78H76N2O2Si4. The van der Waals surface area contributed by atoms with E-state index in [-0.39, 0.29) is 0 Å². The standard InChI is InChI=1S/C78H76N2O2Si4/c1-49-46-51(48-83(3)4)26-40-59(49)61-18-14-20-63-65-22-16-24-71(77(65)81-75(61)63)79(54-31-35-56(36-32-54)84(5,6)7)69-44-29-52-28-42-68-70(45-30-53-27-41-67(69)73(52)74(53)68)80(55-33-37-57(38-34-55)85(8,9)10)72-25-17-23-66-64-21-15-19-62(76(64)82-78(66)72)60-43-39-58(47-50(60)2)86(11,12)13/h14-47,83H,48H2,1-13H3. The maximum atomic E-state index is 7.36. The van der Waals surface area contributed by atoms with Gasteiger partial charge >= 0.3 is 0 Å². The van der Waals surface area contributed by atoms with Crippen LogP contribution in [0, 0.1) is 13.8 Å². The Morgan fingerprint density at radius 2 is 0.721 bits per heavy atom. The van der Waals surface area contributed by atoms with Crippen molar-refractivity contribution in [3.8, 4) is 22.3 Å². The molecule has 0 N–H and O–H groups in total. The molecule has 426 valence electrons. The fourth-order valence-electron chi connectivity index (χ4n) is 13.6. The Morgan fingerprint density at radius 3 is 1.13 bits per heavy atom. The molecular weight excluding hydrogens is 1110 g/mol. The molecule has 0 fully saturated rings. The fourth-order valence-corrected chi connectivity index (χ4v) is 18.4. The number of nitrogens with zero attached hydrogens (tertiary/aromatic N) is 2. The molecule has 0 saturated heterocycles. The van der Waals surface area contributed by atoms with Crippen molar-refractivity contribution in [2.45, 2.75) is 91.9 Å².